The van der Waals surface area contributed by atoms with Crippen molar-refractivity contribution in [2.45, 2.75) is 32.6 Å². The third-order valence-electron chi connectivity index (χ3n) is 3.44. The van der Waals surface area contributed by atoms with Crippen molar-refractivity contribution in [3.8, 4) is 5.75 Å². The average Bonchev–Trinajstić information content (AvgIpc) is 2.71. The number of ether oxygens (including phenoxy) is 1. The minimum Gasteiger partial charge on any atom is -0.493 e. The molecule has 1 aromatic carbocycles. The van der Waals surface area contributed by atoms with Gasteiger partial charge in [0.15, 0.2) is 0 Å². The molecule has 0 bridgehead atoms. The number of rotatable bonds is 5. The summed E-state index contributed by atoms with van der Waals surface area (Å²) in [6.45, 7) is 5.46. The van der Waals surface area contributed by atoms with Crippen molar-refractivity contribution < 1.29 is 4.74 Å². The Morgan fingerprint density at radius 2 is 2.12 bits per heavy atom. The third kappa shape index (κ3) is 3.25. The molecule has 1 aromatic rings. The van der Waals surface area contributed by atoms with Crippen molar-refractivity contribution in [1.82, 2.24) is 0 Å². The van der Waals surface area contributed by atoms with Crippen molar-refractivity contribution in [1.29, 1.82) is 0 Å². The maximum absolute atomic E-state index is 5.75. The van der Waals surface area contributed by atoms with Crippen molar-refractivity contribution in [2.75, 3.05) is 11.9 Å². The van der Waals surface area contributed by atoms with E-state index < -0.39 is 0 Å². The Bertz CT molecular complexity index is 362. The highest BCUT2D eigenvalue weighted by molar-refractivity contribution is 9.09. The molecule has 0 spiro atoms. The second-order valence-electron chi connectivity index (χ2n) is 5.43. The lowest BCUT2D eigenvalue weighted by atomic mass is 9.87. The first-order valence-corrected chi connectivity index (χ1v) is 7.60. The Labute approximate surface area is 113 Å². The van der Waals surface area contributed by atoms with E-state index in [0.29, 0.717) is 5.92 Å². The van der Waals surface area contributed by atoms with E-state index in [1.54, 1.807) is 0 Å². The molecule has 0 saturated heterocycles. The number of benzene rings is 1. The first kappa shape index (κ1) is 12.9. The molecule has 1 aliphatic rings. The number of alkyl halides is 1. The second kappa shape index (κ2) is 5.90. The summed E-state index contributed by atoms with van der Waals surface area (Å²) >= 11 is 3.65. The molecule has 0 amide bonds. The quantitative estimate of drug-likeness (QED) is 0.721. The largest absolute Gasteiger partial charge is 0.493 e. The monoisotopic (exact) mass is 296 g/mol. The first-order valence-electron chi connectivity index (χ1n) is 6.48. The number of halogens is 1. The van der Waals surface area contributed by atoms with E-state index in [1.807, 2.05) is 0 Å². The Hall–Kier alpha value is -0.500. The van der Waals surface area contributed by atoms with Gasteiger partial charge in [-0.05, 0) is 30.7 Å². The van der Waals surface area contributed by atoms with Gasteiger partial charge in [-0.3, -0.25) is 0 Å². The summed E-state index contributed by atoms with van der Waals surface area (Å²) in [5.41, 5.74) is 1.40. The summed E-state index contributed by atoms with van der Waals surface area (Å²) in [6, 6.07) is 8.47. The van der Waals surface area contributed by atoms with Gasteiger partial charge < -0.3 is 4.74 Å². The summed E-state index contributed by atoms with van der Waals surface area (Å²) in [7, 11) is 0. The highest BCUT2D eigenvalue weighted by atomic mass is 79.9. The molecule has 94 valence electrons. The van der Waals surface area contributed by atoms with Gasteiger partial charge in [0.05, 0.1) is 6.61 Å². The van der Waals surface area contributed by atoms with Gasteiger partial charge in [0, 0.05) is 16.8 Å². The van der Waals surface area contributed by atoms with Crippen LogP contribution in [0.1, 0.15) is 38.2 Å². The van der Waals surface area contributed by atoms with Gasteiger partial charge in [-0.15, -0.1) is 0 Å². The standard InChI is InChI=1S/C15H21BrO/c1-11(2)7-12(9-16)8-13-10-17-15-6-4-3-5-14(13)15/h3-6,11-13H,7-10H2,1-2H3. The summed E-state index contributed by atoms with van der Waals surface area (Å²) < 4.78 is 5.75. The zero-order valence-corrected chi connectivity index (χ0v) is 12.2. The SMILES string of the molecule is CC(C)CC(CBr)CC1COc2ccccc21. The number of para-hydroxylation sites is 1. The van der Waals surface area contributed by atoms with Crippen LogP contribution in [0.25, 0.3) is 0 Å². The second-order valence-corrected chi connectivity index (χ2v) is 6.08. The Kier molecular flexibility index (Phi) is 4.49. The molecule has 1 aliphatic heterocycles. The molecule has 0 saturated carbocycles. The predicted molar refractivity (Wildman–Crippen MR) is 76.0 cm³/mol. The van der Waals surface area contributed by atoms with Gasteiger partial charge in [0.25, 0.3) is 0 Å². The molecular formula is C15H21BrO. The first-order chi connectivity index (χ1) is 8.20. The van der Waals surface area contributed by atoms with Crippen LogP contribution in [0.4, 0.5) is 0 Å². The smallest absolute Gasteiger partial charge is 0.122 e. The maximum Gasteiger partial charge on any atom is 0.122 e. The fraction of sp³-hybridized carbons (Fsp3) is 0.600. The van der Waals surface area contributed by atoms with E-state index in [-0.39, 0.29) is 0 Å². The van der Waals surface area contributed by atoms with Crippen LogP contribution >= 0.6 is 15.9 Å². The molecule has 2 heteroatoms. The molecule has 2 atom stereocenters. The molecule has 0 aromatic heterocycles. The molecule has 2 rings (SSSR count). The van der Waals surface area contributed by atoms with Crippen LogP contribution in [0.3, 0.4) is 0 Å². The van der Waals surface area contributed by atoms with E-state index >= 15 is 0 Å². The summed E-state index contributed by atoms with van der Waals surface area (Å²) in [5, 5.41) is 1.10. The fourth-order valence-corrected chi connectivity index (χ4v) is 3.24. The predicted octanol–water partition coefficient (Wildman–Crippen LogP) is 4.61. The van der Waals surface area contributed by atoms with E-state index in [0.717, 1.165) is 29.5 Å². The number of hydrogen-bond donors (Lipinski definition) is 0. The lowest BCUT2D eigenvalue weighted by molar-refractivity contribution is 0.301. The molecular weight excluding hydrogens is 276 g/mol. The zero-order valence-electron chi connectivity index (χ0n) is 10.7. The number of hydrogen-bond acceptors (Lipinski definition) is 1. The van der Waals surface area contributed by atoms with Crippen LogP contribution in [-0.4, -0.2) is 11.9 Å². The Morgan fingerprint density at radius 1 is 1.35 bits per heavy atom. The average molecular weight is 297 g/mol. The highest BCUT2D eigenvalue weighted by Gasteiger charge is 2.26. The van der Waals surface area contributed by atoms with Crippen LogP contribution in [0.2, 0.25) is 0 Å². The molecule has 1 nitrogen and oxygen atoms in total. The van der Waals surface area contributed by atoms with Crippen LogP contribution in [0.15, 0.2) is 24.3 Å². The van der Waals surface area contributed by atoms with Gasteiger partial charge >= 0.3 is 0 Å². The van der Waals surface area contributed by atoms with Crippen molar-refractivity contribution in [3.05, 3.63) is 29.8 Å². The lowest BCUT2D eigenvalue weighted by Gasteiger charge is -2.19. The number of fused-ring (bicyclic) bond motifs is 1. The molecule has 2 unspecified atom stereocenters. The third-order valence-corrected chi connectivity index (χ3v) is 4.36. The Balaban J connectivity index is 2.00. The lowest BCUT2D eigenvalue weighted by Crippen LogP contribution is -2.12. The normalized spacial score (nSPS) is 20.1. The molecule has 0 radical (unpaired) electrons. The molecule has 0 aliphatic carbocycles. The van der Waals surface area contributed by atoms with E-state index in [1.165, 1.54) is 18.4 Å². The topological polar surface area (TPSA) is 9.23 Å². The van der Waals surface area contributed by atoms with Crippen LogP contribution in [0, 0.1) is 11.8 Å². The van der Waals surface area contributed by atoms with Crippen molar-refractivity contribution in [2.24, 2.45) is 11.8 Å². The van der Waals surface area contributed by atoms with Crippen LogP contribution in [-0.2, 0) is 0 Å². The highest BCUT2D eigenvalue weighted by Crippen LogP contribution is 2.38. The molecule has 17 heavy (non-hydrogen) atoms. The molecule has 0 N–H and O–H groups in total. The van der Waals surface area contributed by atoms with Gasteiger partial charge in [0.1, 0.15) is 5.75 Å². The van der Waals surface area contributed by atoms with Crippen molar-refractivity contribution >= 4 is 15.9 Å². The van der Waals surface area contributed by atoms with E-state index in [2.05, 4.69) is 54.0 Å². The van der Waals surface area contributed by atoms with Crippen LogP contribution < -0.4 is 4.74 Å². The van der Waals surface area contributed by atoms with Crippen LogP contribution in [0.5, 0.6) is 5.75 Å². The minimum atomic E-state index is 0.590. The van der Waals surface area contributed by atoms with E-state index in [9.17, 15) is 0 Å². The van der Waals surface area contributed by atoms with Gasteiger partial charge in [0.2, 0.25) is 0 Å². The molecule has 0 fully saturated rings. The summed E-state index contributed by atoms with van der Waals surface area (Å²) in [5.74, 6) is 3.22. The Morgan fingerprint density at radius 3 is 2.82 bits per heavy atom. The van der Waals surface area contributed by atoms with Crippen molar-refractivity contribution in [3.63, 3.8) is 0 Å². The van der Waals surface area contributed by atoms with Gasteiger partial charge in [-0.2, -0.15) is 0 Å². The molecule has 1 heterocycles. The van der Waals surface area contributed by atoms with Gasteiger partial charge in [-0.1, -0.05) is 48.0 Å². The maximum atomic E-state index is 5.75. The fourth-order valence-electron chi connectivity index (χ4n) is 2.72. The minimum absolute atomic E-state index is 0.590. The van der Waals surface area contributed by atoms with E-state index in [4.69, 9.17) is 4.74 Å². The summed E-state index contributed by atoms with van der Waals surface area (Å²) in [4.78, 5) is 0. The summed E-state index contributed by atoms with van der Waals surface area (Å²) in [6.07, 6.45) is 2.53. The zero-order chi connectivity index (χ0) is 12.3. The van der Waals surface area contributed by atoms with Gasteiger partial charge in [-0.25, -0.2) is 0 Å².